The minimum absolute atomic E-state index is 0.0547. The van der Waals surface area contributed by atoms with Crippen LogP contribution in [-0.2, 0) is 46.6 Å². The Hall–Kier alpha value is -15.2. The van der Waals surface area contributed by atoms with Gasteiger partial charge in [-0.15, -0.1) is 0 Å². The molecule has 680 valence electrons. The maximum atomic E-state index is 2.80. The Morgan fingerprint density at radius 2 is 0.633 bits per heavy atom. The third-order valence-electron chi connectivity index (χ3n) is 29.8. The minimum atomic E-state index is -0.237. The Balaban J connectivity index is 0.800. The highest BCUT2D eigenvalue weighted by Gasteiger charge is 2.45. The van der Waals surface area contributed by atoms with Gasteiger partial charge in [0, 0.05) is 114 Å². The van der Waals surface area contributed by atoms with E-state index in [0.29, 0.717) is 26.1 Å². The molecule has 0 saturated heterocycles. The topological polar surface area (TPSA) is 24.5 Å². The highest BCUT2D eigenvalue weighted by Crippen LogP contribution is 2.51. The van der Waals surface area contributed by atoms with E-state index >= 15 is 0 Å². The SMILES string of the molecule is CC(C)(C)c1cc(-c2ccc3c(c2)N(c2cc(-c4ccccc4)cc(-c4ccccc4)c2)c2cc(CCN(c4ccc(-n5c6ccccc6c6ccccc65)cc4)c4ccc(-n5c6ccccc6c6ccccc65)cc4)cc4c2B3c2ccc(Cn3c5ccc(C(C)(C)C)cc5c5cc(C(C)(C)C)ccc53)cc2N4Cc2c(-c3ccccc3)cc(C(C)(C)C)cc2-c2ccccc2)cc(C(C)(C)C)c1. The van der Waals surface area contributed by atoms with E-state index < -0.39 is 0 Å². The minimum Gasteiger partial charge on any atom is -0.341 e. The van der Waals surface area contributed by atoms with E-state index in [9.17, 15) is 0 Å². The molecule has 0 aliphatic carbocycles. The number of hydrogen-bond donors (Lipinski definition) is 0. The molecule has 18 aromatic carbocycles. The average molecular weight is 1800 g/mol. The summed E-state index contributed by atoms with van der Waals surface area (Å²) in [5.74, 6) is 0. The summed E-state index contributed by atoms with van der Waals surface area (Å²) >= 11 is 0. The standard InChI is InChI=1S/C132H119BN6/c1-128(2,3)96-54-66-117-112(80-96)113-81-97(129(4,5)6)55-67-118(113)135(117)84-87-52-64-115-123(72-87)136(85-114-110(90-40-24-18-25-41-90)82-100(132(13,14)15)83-111(114)91-42-26-19-27-43-91)125-70-86(68-69-134(101-56-60-103(61-57-101)137-119-48-32-28-44-106(119)107-45-29-33-49-120(107)137)102-58-62-104(63-59-102)138-121-50-34-30-46-108(121)109-47-31-35-51-122(109)138)71-126-127(125)133(115)116-65-53-92(95-74-98(130(7,8)9)79-99(75-95)131(10,11)12)78-124(116)139(126)105-76-93(88-36-20-16-21-37-88)73-94(77-105)89-38-22-17-23-39-89/h16-67,70-83H,68-69,84-85H2,1-15H3. The molecule has 0 saturated carbocycles. The van der Waals surface area contributed by atoms with Gasteiger partial charge in [-0.3, -0.25) is 0 Å². The van der Waals surface area contributed by atoms with Crippen LogP contribution in [0.2, 0.25) is 0 Å². The van der Waals surface area contributed by atoms with Gasteiger partial charge in [0.15, 0.2) is 0 Å². The second-order valence-corrected chi connectivity index (χ2v) is 44.1. The van der Waals surface area contributed by atoms with Crippen molar-refractivity contribution < 1.29 is 0 Å². The molecule has 0 unspecified atom stereocenters. The molecule has 0 radical (unpaired) electrons. The summed E-state index contributed by atoms with van der Waals surface area (Å²) in [6.45, 7) is 37.0. The molecule has 2 aliphatic heterocycles. The number of nitrogens with zero attached hydrogens (tertiary/aromatic N) is 6. The molecular weight excluding hydrogens is 1680 g/mol. The van der Waals surface area contributed by atoms with Crippen LogP contribution in [0.25, 0.3) is 132 Å². The lowest BCUT2D eigenvalue weighted by molar-refractivity contribution is 0.569. The normalized spacial score (nSPS) is 12.9. The molecule has 0 bridgehead atoms. The van der Waals surface area contributed by atoms with Crippen molar-refractivity contribution in [2.75, 3.05) is 21.2 Å². The molecular formula is C132H119BN6. The number of rotatable bonds is 17. The first-order valence-electron chi connectivity index (χ1n) is 49.8. The average Bonchev–Trinajstić information content (AvgIpc) is 1.68. The number of hydrogen-bond acceptors (Lipinski definition) is 3. The zero-order chi connectivity index (χ0) is 95.3. The number of benzene rings is 18. The van der Waals surface area contributed by atoms with Crippen molar-refractivity contribution in [3.05, 3.63) is 445 Å². The van der Waals surface area contributed by atoms with Gasteiger partial charge in [0.25, 0.3) is 6.71 Å². The second kappa shape index (κ2) is 33.9. The summed E-state index contributed by atoms with van der Waals surface area (Å²) in [6, 6.07) is 154. The van der Waals surface area contributed by atoms with E-state index in [0.717, 1.165) is 62.1 Å². The first kappa shape index (κ1) is 87.8. The van der Waals surface area contributed by atoms with Crippen LogP contribution in [0.4, 0.5) is 39.8 Å². The summed E-state index contributed by atoms with van der Waals surface area (Å²) in [5, 5.41) is 7.55. The van der Waals surface area contributed by atoms with Gasteiger partial charge in [0.05, 0.1) is 22.1 Å². The van der Waals surface area contributed by atoms with Crippen molar-refractivity contribution in [2.24, 2.45) is 0 Å². The summed E-state index contributed by atoms with van der Waals surface area (Å²) in [6.07, 6.45) is 0.663. The Morgan fingerprint density at radius 1 is 0.245 bits per heavy atom. The molecule has 0 spiro atoms. The van der Waals surface area contributed by atoms with Gasteiger partial charge in [-0.1, -0.05) is 365 Å². The predicted octanol–water partition coefficient (Wildman–Crippen LogP) is 33.2. The number of para-hydroxylation sites is 4. The zero-order valence-corrected chi connectivity index (χ0v) is 82.7. The van der Waals surface area contributed by atoms with Gasteiger partial charge in [-0.25, -0.2) is 0 Å². The van der Waals surface area contributed by atoms with Gasteiger partial charge in [-0.2, -0.15) is 0 Å². The molecule has 0 N–H and O–H groups in total. The van der Waals surface area contributed by atoms with Crippen molar-refractivity contribution in [1.82, 2.24) is 13.7 Å². The summed E-state index contributed by atoms with van der Waals surface area (Å²) in [4.78, 5) is 8.10. The van der Waals surface area contributed by atoms with E-state index in [4.69, 9.17) is 0 Å². The van der Waals surface area contributed by atoms with Gasteiger partial charge in [0.1, 0.15) is 0 Å². The Labute approximate surface area is 819 Å². The van der Waals surface area contributed by atoms with Crippen LogP contribution in [0, 0.1) is 0 Å². The van der Waals surface area contributed by atoms with Crippen LogP contribution < -0.4 is 31.1 Å². The monoisotopic (exact) mass is 1800 g/mol. The number of aromatic nitrogens is 3. The van der Waals surface area contributed by atoms with Crippen LogP contribution in [0.15, 0.2) is 400 Å². The molecule has 139 heavy (non-hydrogen) atoms. The number of anilines is 7. The first-order chi connectivity index (χ1) is 67.1. The number of fused-ring (bicyclic) bond motifs is 13. The predicted molar refractivity (Wildman–Crippen MR) is 596 cm³/mol. The lowest BCUT2D eigenvalue weighted by Gasteiger charge is -2.45. The van der Waals surface area contributed by atoms with Crippen molar-refractivity contribution in [3.63, 3.8) is 0 Å². The molecule has 21 aromatic rings. The van der Waals surface area contributed by atoms with Crippen molar-refractivity contribution in [3.8, 4) is 67.0 Å². The molecule has 23 rings (SSSR count). The Bertz CT molecular complexity index is 7880. The highest BCUT2D eigenvalue weighted by atomic mass is 15.2. The first-order valence-corrected chi connectivity index (χ1v) is 49.8. The van der Waals surface area contributed by atoms with Gasteiger partial charge >= 0.3 is 0 Å². The van der Waals surface area contributed by atoms with Crippen LogP contribution in [0.1, 0.15) is 148 Å². The second-order valence-electron chi connectivity index (χ2n) is 44.1. The van der Waals surface area contributed by atoms with E-state index in [-0.39, 0.29) is 33.8 Å². The van der Waals surface area contributed by atoms with Gasteiger partial charge < -0.3 is 28.4 Å². The molecule has 5 heterocycles. The van der Waals surface area contributed by atoms with Crippen LogP contribution in [-0.4, -0.2) is 27.0 Å². The Kier molecular flexibility index (Phi) is 21.4. The van der Waals surface area contributed by atoms with E-state index in [1.807, 2.05) is 0 Å². The molecule has 3 aromatic heterocycles. The third kappa shape index (κ3) is 15.9. The maximum absolute atomic E-state index is 2.80. The van der Waals surface area contributed by atoms with Crippen LogP contribution in [0.3, 0.4) is 0 Å². The lowest BCUT2D eigenvalue weighted by Crippen LogP contribution is -2.62. The lowest BCUT2D eigenvalue weighted by atomic mass is 9.33. The third-order valence-corrected chi connectivity index (χ3v) is 29.8. The van der Waals surface area contributed by atoms with Crippen LogP contribution >= 0.6 is 0 Å². The highest BCUT2D eigenvalue weighted by molar-refractivity contribution is 7.00. The molecule has 2 aliphatic rings. The fourth-order valence-electron chi connectivity index (χ4n) is 22.2. The molecule has 7 heteroatoms. The Morgan fingerprint density at radius 3 is 1.08 bits per heavy atom. The van der Waals surface area contributed by atoms with Crippen LogP contribution in [0.5, 0.6) is 0 Å². The summed E-state index contributed by atoms with van der Waals surface area (Å²) < 4.78 is 7.50. The zero-order valence-electron chi connectivity index (χ0n) is 82.7. The molecule has 0 fully saturated rings. The largest absolute Gasteiger partial charge is 0.341 e. The van der Waals surface area contributed by atoms with Crippen molar-refractivity contribution in [1.29, 1.82) is 0 Å². The molecule has 6 nitrogen and oxygen atoms in total. The van der Waals surface area contributed by atoms with Crippen molar-refractivity contribution in [2.45, 2.75) is 150 Å². The maximum Gasteiger partial charge on any atom is 0.252 e. The van der Waals surface area contributed by atoms with Gasteiger partial charge in [-0.05, 0) is 290 Å². The molecule has 0 atom stereocenters. The van der Waals surface area contributed by atoms with Gasteiger partial charge in [0.2, 0.25) is 0 Å². The fourth-order valence-corrected chi connectivity index (χ4v) is 22.2. The van der Waals surface area contributed by atoms with E-state index in [2.05, 4.69) is 533 Å². The van der Waals surface area contributed by atoms with E-state index in [1.165, 1.54) is 171 Å². The quantitative estimate of drug-likeness (QED) is 0.0850. The molecule has 0 amide bonds. The summed E-state index contributed by atoms with van der Waals surface area (Å²) in [7, 11) is 0. The summed E-state index contributed by atoms with van der Waals surface area (Å²) in [5.41, 5.74) is 42.8. The van der Waals surface area contributed by atoms with Crippen molar-refractivity contribution >= 4 is 128 Å². The fraction of sp³-hybridized carbons (Fsp3) is 0.182. The smallest absolute Gasteiger partial charge is 0.252 e. The van der Waals surface area contributed by atoms with E-state index in [1.54, 1.807) is 0 Å².